The van der Waals surface area contributed by atoms with Crippen LogP contribution in [0.25, 0.3) is 0 Å². The Morgan fingerprint density at radius 1 is 1.11 bits per heavy atom. The molecule has 6 heteroatoms. The number of hydrogen-bond acceptors (Lipinski definition) is 4. The Labute approximate surface area is 159 Å². The Morgan fingerprint density at radius 3 is 2.48 bits per heavy atom. The predicted octanol–water partition coefficient (Wildman–Crippen LogP) is 2.91. The number of amides is 1. The van der Waals surface area contributed by atoms with Gasteiger partial charge in [-0.3, -0.25) is 9.69 Å². The third-order valence-corrected chi connectivity index (χ3v) is 4.60. The van der Waals surface area contributed by atoms with Crippen LogP contribution in [0.1, 0.15) is 18.1 Å². The molecule has 0 unspecified atom stereocenters. The lowest BCUT2D eigenvalue weighted by molar-refractivity contribution is -0.144. The average molecular weight is 369 g/mol. The van der Waals surface area contributed by atoms with E-state index < -0.39 is 6.10 Å². The molecular formula is C21H24FN3O2. The molecule has 0 aromatic heterocycles. The van der Waals surface area contributed by atoms with Crippen LogP contribution in [0.5, 0.6) is 0 Å². The molecule has 0 N–H and O–H groups in total. The van der Waals surface area contributed by atoms with Gasteiger partial charge in [0.05, 0.1) is 6.21 Å². The minimum absolute atomic E-state index is 0.0972. The monoisotopic (exact) mass is 369 g/mol. The molecule has 0 saturated carbocycles. The van der Waals surface area contributed by atoms with Crippen molar-refractivity contribution in [1.29, 1.82) is 0 Å². The SMILES string of the molecule is C[C@H](O/N=C\c1ccccc1F)C(=O)N1CCN(Cc2ccccc2)CC1. The van der Waals surface area contributed by atoms with Crippen LogP contribution in [0.2, 0.25) is 0 Å². The third-order valence-electron chi connectivity index (χ3n) is 4.60. The van der Waals surface area contributed by atoms with Crippen LogP contribution in [-0.4, -0.2) is 54.2 Å². The first-order valence-electron chi connectivity index (χ1n) is 9.12. The van der Waals surface area contributed by atoms with Crippen LogP contribution in [0, 0.1) is 5.82 Å². The average Bonchev–Trinajstić information content (AvgIpc) is 2.70. The number of rotatable bonds is 6. The number of carbonyl (C=O) groups excluding carboxylic acids is 1. The van der Waals surface area contributed by atoms with Crippen molar-refractivity contribution in [2.75, 3.05) is 26.2 Å². The van der Waals surface area contributed by atoms with Gasteiger partial charge in [0.1, 0.15) is 5.82 Å². The zero-order valence-corrected chi connectivity index (χ0v) is 15.4. The van der Waals surface area contributed by atoms with Gasteiger partial charge < -0.3 is 9.74 Å². The molecule has 1 aliphatic rings. The number of benzene rings is 2. The van der Waals surface area contributed by atoms with Gasteiger partial charge in [0.25, 0.3) is 5.91 Å². The van der Waals surface area contributed by atoms with E-state index in [0.717, 1.165) is 19.6 Å². The number of hydrogen-bond donors (Lipinski definition) is 0. The van der Waals surface area contributed by atoms with Crippen LogP contribution in [-0.2, 0) is 16.2 Å². The summed E-state index contributed by atoms with van der Waals surface area (Å²) in [5, 5.41) is 3.77. The van der Waals surface area contributed by atoms with E-state index in [1.165, 1.54) is 17.8 Å². The molecular weight excluding hydrogens is 345 g/mol. The maximum Gasteiger partial charge on any atom is 0.266 e. The van der Waals surface area contributed by atoms with E-state index in [4.69, 9.17) is 4.84 Å². The van der Waals surface area contributed by atoms with E-state index in [-0.39, 0.29) is 11.7 Å². The molecule has 0 aliphatic carbocycles. The molecule has 3 rings (SSSR count). The first-order chi connectivity index (χ1) is 13.1. The molecule has 1 heterocycles. The number of carbonyl (C=O) groups is 1. The van der Waals surface area contributed by atoms with Crippen molar-refractivity contribution in [3.63, 3.8) is 0 Å². The maximum absolute atomic E-state index is 13.5. The molecule has 1 saturated heterocycles. The van der Waals surface area contributed by atoms with Gasteiger partial charge in [0.2, 0.25) is 6.10 Å². The molecule has 1 aliphatic heterocycles. The first-order valence-corrected chi connectivity index (χ1v) is 9.12. The van der Waals surface area contributed by atoms with E-state index >= 15 is 0 Å². The van der Waals surface area contributed by atoms with Crippen molar-refractivity contribution in [1.82, 2.24) is 9.80 Å². The second-order valence-corrected chi connectivity index (χ2v) is 6.59. The van der Waals surface area contributed by atoms with Crippen LogP contribution >= 0.6 is 0 Å². The fraction of sp³-hybridized carbons (Fsp3) is 0.333. The van der Waals surface area contributed by atoms with Gasteiger partial charge in [0.15, 0.2) is 0 Å². The third kappa shape index (κ3) is 5.37. The van der Waals surface area contributed by atoms with Crippen molar-refractivity contribution in [2.45, 2.75) is 19.6 Å². The van der Waals surface area contributed by atoms with Gasteiger partial charge in [-0.1, -0.05) is 53.7 Å². The van der Waals surface area contributed by atoms with Crippen molar-refractivity contribution in [3.8, 4) is 0 Å². The van der Waals surface area contributed by atoms with Crippen molar-refractivity contribution < 1.29 is 14.0 Å². The molecule has 2 aromatic carbocycles. The molecule has 142 valence electrons. The Balaban J connectivity index is 1.45. The van der Waals surface area contributed by atoms with E-state index in [0.29, 0.717) is 18.7 Å². The molecule has 1 amide bonds. The summed E-state index contributed by atoms with van der Waals surface area (Å²) in [5.74, 6) is -0.474. The molecule has 0 bridgehead atoms. The summed E-state index contributed by atoms with van der Waals surface area (Å²) in [6, 6.07) is 16.6. The lowest BCUT2D eigenvalue weighted by Crippen LogP contribution is -2.50. The largest absolute Gasteiger partial charge is 0.383 e. The Kier molecular flexibility index (Phi) is 6.54. The van der Waals surface area contributed by atoms with Crippen molar-refractivity contribution >= 4 is 12.1 Å². The summed E-state index contributed by atoms with van der Waals surface area (Å²) in [7, 11) is 0. The number of halogens is 1. The highest BCUT2D eigenvalue weighted by atomic mass is 19.1. The maximum atomic E-state index is 13.5. The summed E-state index contributed by atoms with van der Waals surface area (Å²) < 4.78 is 13.5. The zero-order chi connectivity index (χ0) is 19.1. The molecule has 0 radical (unpaired) electrons. The van der Waals surface area contributed by atoms with Gasteiger partial charge in [-0.05, 0) is 18.6 Å². The van der Waals surface area contributed by atoms with Crippen LogP contribution in [0.3, 0.4) is 0 Å². The second kappa shape index (κ2) is 9.28. The summed E-state index contributed by atoms with van der Waals surface area (Å²) in [4.78, 5) is 21.9. The normalized spacial score (nSPS) is 16.4. The number of nitrogens with zero attached hydrogens (tertiary/aromatic N) is 3. The summed E-state index contributed by atoms with van der Waals surface area (Å²) in [6.45, 7) is 5.53. The molecule has 1 fully saturated rings. The highest BCUT2D eigenvalue weighted by molar-refractivity contribution is 5.81. The van der Waals surface area contributed by atoms with E-state index in [1.807, 2.05) is 18.2 Å². The van der Waals surface area contributed by atoms with Crippen molar-refractivity contribution in [3.05, 3.63) is 71.5 Å². The highest BCUT2D eigenvalue weighted by Crippen LogP contribution is 2.10. The molecule has 0 spiro atoms. The quantitative estimate of drug-likeness (QED) is 0.581. The fourth-order valence-electron chi connectivity index (χ4n) is 3.03. The lowest BCUT2D eigenvalue weighted by atomic mass is 10.2. The van der Waals surface area contributed by atoms with Gasteiger partial charge in [0, 0.05) is 38.3 Å². The van der Waals surface area contributed by atoms with Gasteiger partial charge in [-0.25, -0.2) is 4.39 Å². The highest BCUT2D eigenvalue weighted by Gasteiger charge is 2.26. The lowest BCUT2D eigenvalue weighted by Gasteiger charge is -2.35. The number of oxime groups is 1. The summed E-state index contributed by atoms with van der Waals surface area (Å²) in [6.07, 6.45) is 0.588. The van der Waals surface area contributed by atoms with Crippen LogP contribution in [0.4, 0.5) is 4.39 Å². The fourth-order valence-corrected chi connectivity index (χ4v) is 3.03. The predicted molar refractivity (Wildman–Crippen MR) is 103 cm³/mol. The molecule has 2 aromatic rings. The Morgan fingerprint density at radius 2 is 1.78 bits per heavy atom. The second-order valence-electron chi connectivity index (χ2n) is 6.59. The van der Waals surface area contributed by atoms with Gasteiger partial charge in [-0.2, -0.15) is 0 Å². The van der Waals surface area contributed by atoms with Crippen LogP contribution in [0.15, 0.2) is 59.8 Å². The minimum atomic E-state index is -0.700. The Hall–Kier alpha value is -2.73. The molecule has 1 atom stereocenters. The number of piperazine rings is 1. The topological polar surface area (TPSA) is 45.1 Å². The zero-order valence-electron chi connectivity index (χ0n) is 15.4. The van der Waals surface area contributed by atoms with Gasteiger partial charge >= 0.3 is 0 Å². The van der Waals surface area contributed by atoms with Crippen molar-refractivity contribution in [2.24, 2.45) is 5.16 Å². The first kappa shape index (κ1) is 19.0. The van der Waals surface area contributed by atoms with E-state index in [9.17, 15) is 9.18 Å². The smallest absolute Gasteiger partial charge is 0.266 e. The Bertz CT molecular complexity index is 774. The molecule has 27 heavy (non-hydrogen) atoms. The standard InChI is InChI=1S/C21H24FN3O2/c1-17(27-23-15-19-9-5-6-10-20(19)22)21(26)25-13-11-24(12-14-25)16-18-7-3-2-4-8-18/h2-10,15,17H,11-14,16H2,1H3/b23-15-/t17-/m0/s1. The molecule has 5 nitrogen and oxygen atoms in total. The van der Waals surface area contributed by atoms with E-state index in [2.05, 4.69) is 22.2 Å². The van der Waals surface area contributed by atoms with Crippen LogP contribution < -0.4 is 0 Å². The summed E-state index contributed by atoms with van der Waals surface area (Å²) >= 11 is 0. The van der Waals surface area contributed by atoms with E-state index in [1.54, 1.807) is 30.0 Å². The minimum Gasteiger partial charge on any atom is -0.383 e. The summed E-state index contributed by atoms with van der Waals surface area (Å²) in [5.41, 5.74) is 1.60. The van der Waals surface area contributed by atoms with Gasteiger partial charge in [-0.15, -0.1) is 0 Å².